The van der Waals surface area contributed by atoms with Crippen molar-refractivity contribution in [2.24, 2.45) is 0 Å². The average molecular weight is 264 g/mol. The van der Waals surface area contributed by atoms with Crippen molar-refractivity contribution in [3.05, 3.63) is 24.3 Å². The lowest BCUT2D eigenvalue weighted by Crippen LogP contribution is -2.29. The van der Waals surface area contributed by atoms with E-state index in [2.05, 4.69) is 43.2 Å². The fourth-order valence-corrected chi connectivity index (χ4v) is 2.28. The molecule has 1 aromatic carbocycles. The van der Waals surface area contributed by atoms with E-state index in [-0.39, 0.29) is 0 Å². The van der Waals surface area contributed by atoms with Crippen molar-refractivity contribution in [2.45, 2.75) is 39.2 Å². The monoisotopic (exact) mass is 264 g/mol. The molecule has 0 spiro atoms. The molecule has 0 aromatic heterocycles. The number of hydrogen-bond acceptors (Lipinski definition) is 3. The van der Waals surface area contributed by atoms with Crippen LogP contribution in [0.5, 0.6) is 5.75 Å². The zero-order chi connectivity index (χ0) is 14.1. The average Bonchev–Trinajstić information content (AvgIpc) is 2.46. The van der Waals surface area contributed by atoms with Crippen LogP contribution >= 0.6 is 0 Å². The first-order valence-electron chi connectivity index (χ1n) is 7.29. The molecule has 0 aliphatic rings. The highest BCUT2D eigenvalue weighted by Crippen LogP contribution is 2.18. The summed E-state index contributed by atoms with van der Waals surface area (Å²) in [6.07, 6.45) is 3.67. The molecule has 1 N–H and O–H groups in total. The van der Waals surface area contributed by atoms with Crippen molar-refractivity contribution >= 4 is 5.69 Å². The Morgan fingerprint density at radius 3 is 2.42 bits per heavy atom. The molecule has 1 atom stereocenters. The maximum atomic E-state index is 5.18. The van der Waals surface area contributed by atoms with E-state index in [0.29, 0.717) is 6.04 Å². The number of benzene rings is 1. The molecule has 0 radical (unpaired) electrons. The van der Waals surface area contributed by atoms with Gasteiger partial charge in [0.25, 0.3) is 0 Å². The molecule has 0 amide bonds. The van der Waals surface area contributed by atoms with E-state index in [4.69, 9.17) is 4.74 Å². The van der Waals surface area contributed by atoms with Gasteiger partial charge < -0.3 is 15.0 Å². The first-order valence-corrected chi connectivity index (χ1v) is 7.29. The molecule has 0 saturated carbocycles. The van der Waals surface area contributed by atoms with Gasteiger partial charge in [-0.05, 0) is 50.1 Å². The maximum absolute atomic E-state index is 5.18. The highest BCUT2D eigenvalue weighted by Gasteiger charge is 2.06. The smallest absolute Gasteiger partial charge is 0.119 e. The van der Waals surface area contributed by atoms with E-state index in [1.165, 1.54) is 24.9 Å². The van der Waals surface area contributed by atoms with E-state index in [0.717, 1.165) is 18.8 Å². The van der Waals surface area contributed by atoms with Crippen molar-refractivity contribution in [3.8, 4) is 5.75 Å². The molecule has 0 bridgehead atoms. The minimum atomic E-state index is 0.661. The maximum Gasteiger partial charge on any atom is 0.119 e. The molecule has 0 fully saturated rings. The molecular formula is C16H28N2O. The molecule has 19 heavy (non-hydrogen) atoms. The van der Waals surface area contributed by atoms with Gasteiger partial charge in [0.15, 0.2) is 0 Å². The van der Waals surface area contributed by atoms with Crippen LogP contribution in [0.3, 0.4) is 0 Å². The Balaban J connectivity index is 2.35. The third-order valence-corrected chi connectivity index (χ3v) is 3.54. The molecule has 1 rings (SSSR count). The Kier molecular flexibility index (Phi) is 7.34. The Labute approximate surface area is 118 Å². The van der Waals surface area contributed by atoms with Gasteiger partial charge in [-0.3, -0.25) is 0 Å². The molecule has 0 heterocycles. The van der Waals surface area contributed by atoms with Crippen molar-refractivity contribution < 1.29 is 4.74 Å². The topological polar surface area (TPSA) is 24.5 Å². The van der Waals surface area contributed by atoms with Gasteiger partial charge in [0.2, 0.25) is 0 Å². The summed E-state index contributed by atoms with van der Waals surface area (Å²) in [6.45, 7) is 6.58. The van der Waals surface area contributed by atoms with Crippen LogP contribution in [0.15, 0.2) is 24.3 Å². The van der Waals surface area contributed by atoms with Crippen LogP contribution in [0.4, 0.5) is 5.69 Å². The number of ether oxygens (including phenoxy) is 1. The molecule has 0 saturated heterocycles. The van der Waals surface area contributed by atoms with Crippen molar-refractivity contribution in [1.29, 1.82) is 0 Å². The highest BCUT2D eigenvalue weighted by molar-refractivity contribution is 5.48. The summed E-state index contributed by atoms with van der Waals surface area (Å²) in [6, 6.07) is 8.91. The quantitative estimate of drug-likeness (QED) is 0.740. The Bertz CT molecular complexity index is 337. The van der Waals surface area contributed by atoms with Gasteiger partial charge >= 0.3 is 0 Å². The largest absolute Gasteiger partial charge is 0.497 e. The fraction of sp³-hybridized carbons (Fsp3) is 0.625. The van der Waals surface area contributed by atoms with Gasteiger partial charge in [-0.1, -0.05) is 13.8 Å². The summed E-state index contributed by atoms with van der Waals surface area (Å²) < 4.78 is 5.18. The normalized spacial score (nSPS) is 12.2. The van der Waals surface area contributed by atoms with Crippen LogP contribution in [-0.2, 0) is 0 Å². The fourth-order valence-electron chi connectivity index (χ4n) is 2.28. The van der Waals surface area contributed by atoms with E-state index < -0.39 is 0 Å². The van der Waals surface area contributed by atoms with Crippen molar-refractivity contribution in [3.63, 3.8) is 0 Å². The lowest BCUT2D eigenvalue weighted by molar-refractivity contribution is 0.415. The van der Waals surface area contributed by atoms with Gasteiger partial charge in [0.05, 0.1) is 7.11 Å². The van der Waals surface area contributed by atoms with E-state index >= 15 is 0 Å². The molecule has 3 heteroatoms. The van der Waals surface area contributed by atoms with Crippen molar-refractivity contribution in [2.75, 3.05) is 32.1 Å². The summed E-state index contributed by atoms with van der Waals surface area (Å²) >= 11 is 0. The predicted octanol–water partition coefficient (Wildman–Crippen LogP) is 3.30. The predicted molar refractivity (Wildman–Crippen MR) is 83.3 cm³/mol. The molecule has 1 aromatic rings. The molecular weight excluding hydrogens is 236 g/mol. The zero-order valence-corrected chi connectivity index (χ0v) is 12.8. The van der Waals surface area contributed by atoms with Gasteiger partial charge in [0, 0.05) is 25.3 Å². The summed E-state index contributed by atoms with van der Waals surface area (Å²) in [4.78, 5) is 2.30. The second-order valence-corrected chi connectivity index (χ2v) is 4.92. The van der Waals surface area contributed by atoms with E-state index in [1.807, 2.05) is 12.1 Å². The minimum absolute atomic E-state index is 0.661. The summed E-state index contributed by atoms with van der Waals surface area (Å²) in [7, 11) is 3.85. The van der Waals surface area contributed by atoms with Gasteiger partial charge in [-0.2, -0.15) is 0 Å². The van der Waals surface area contributed by atoms with Gasteiger partial charge in [-0.25, -0.2) is 0 Å². The number of nitrogens with one attached hydrogen (secondary N) is 1. The molecule has 0 aliphatic heterocycles. The number of methoxy groups -OCH3 is 1. The first kappa shape index (κ1) is 15.8. The van der Waals surface area contributed by atoms with Crippen LogP contribution < -0.4 is 15.0 Å². The Hall–Kier alpha value is -1.22. The van der Waals surface area contributed by atoms with Crippen LogP contribution in [0.25, 0.3) is 0 Å². The second-order valence-electron chi connectivity index (χ2n) is 4.92. The molecule has 0 aliphatic carbocycles. The molecule has 3 nitrogen and oxygen atoms in total. The van der Waals surface area contributed by atoms with Crippen LogP contribution in [-0.4, -0.2) is 33.3 Å². The Morgan fingerprint density at radius 2 is 1.89 bits per heavy atom. The summed E-state index contributed by atoms with van der Waals surface area (Å²) in [5.41, 5.74) is 1.25. The van der Waals surface area contributed by atoms with E-state index in [1.54, 1.807) is 7.11 Å². The van der Waals surface area contributed by atoms with Crippen LogP contribution in [0.2, 0.25) is 0 Å². The third kappa shape index (κ3) is 5.52. The van der Waals surface area contributed by atoms with E-state index in [9.17, 15) is 0 Å². The number of nitrogens with zero attached hydrogens (tertiary/aromatic N) is 1. The highest BCUT2D eigenvalue weighted by atomic mass is 16.5. The lowest BCUT2D eigenvalue weighted by Gasteiger charge is -2.21. The number of hydrogen-bond donors (Lipinski definition) is 1. The first-order chi connectivity index (χ1) is 9.21. The van der Waals surface area contributed by atoms with Gasteiger partial charge in [-0.15, -0.1) is 0 Å². The zero-order valence-electron chi connectivity index (χ0n) is 12.8. The number of anilines is 1. The molecule has 1 unspecified atom stereocenters. The third-order valence-electron chi connectivity index (χ3n) is 3.54. The minimum Gasteiger partial charge on any atom is -0.497 e. The van der Waals surface area contributed by atoms with Crippen LogP contribution in [0, 0.1) is 0 Å². The van der Waals surface area contributed by atoms with Crippen molar-refractivity contribution in [1.82, 2.24) is 5.32 Å². The second kappa shape index (κ2) is 8.81. The molecule has 108 valence electrons. The summed E-state index contributed by atoms with van der Waals surface area (Å²) in [5, 5.41) is 3.53. The lowest BCUT2D eigenvalue weighted by atomic mass is 10.1. The van der Waals surface area contributed by atoms with Gasteiger partial charge in [0.1, 0.15) is 5.75 Å². The Morgan fingerprint density at radius 1 is 1.21 bits per heavy atom. The SMILES string of the molecule is CCNC(CC)CCCN(C)c1ccc(OC)cc1. The van der Waals surface area contributed by atoms with Crippen LogP contribution in [0.1, 0.15) is 33.1 Å². The summed E-state index contributed by atoms with van der Waals surface area (Å²) in [5.74, 6) is 0.912. The number of rotatable bonds is 9. The standard InChI is InChI=1S/C16H28N2O/c1-5-14(17-6-2)8-7-13-18(3)15-9-11-16(19-4)12-10-15/h9-12,14,17H,5-8,13H2,1-4H3.